The average Bonchev–Trinajstić information content (AvgIpc) is 2.55. The third-order valence-corrected chi connectivity index (χ3v) is 3.79. The smallest absolute Gasteiger partial charge is 0.163 e. The Morgan fingerprint density at radius 2 is 1.81 bits per heavy atom. The van der Waals surface area contributed by atoms with Gasteiger partial charge >= 0.3 is 0 Å². The molecule has 1 aromatic carbocycles. The number of hydrogen-bond acceptors (Lipinski definition) is 5. The number of rotatable bonds is 8. The summed E-state index contributed by atoms with van der Waals surface area (Å²) in [6.07, 6.45) is 4.52. The maximum Gasteiger partial charge on any atom is 0.163 e. The molecule has 0 saturated heterocycles. The molecule has 2 aromatic rings. The van der Waals surface area contributed by atoms with Crippen molar-refractivity contribution in [1.82, 2.24) is 9.97 Å². The van der Waals surface area contributed by atoms with Crippen molar-refractivity contribution in [3.8, 4) is 11.4 Å². The van der Waals surface area contributed by atoms with Crippen molar-refractivity contribution in [2.45, 2.75) is 12.8 Å². The van der Waals surface area contributed by atoms with E-state index in [0.717, 1.165) is 36.0 Å². The van der Waals surface area contributed by atoms with Crippen molar-refractivity contribution in [1.29, 1.82) is 0 Å². The molecule has 2 N–H and O–H groups in total. The summed E-state index contributed by atoms with van der Waals surface area (Å²) >= 11 is 1.89. The summed E-state index contributed by atoms with van der Waals surface area (Å²) in [5.41, 5.74) is 1.03. The maximum atomic E-state index is 4.60. The molecule has 0 fully saturated rings. The topological polar surface area (TPSA) is 49.8 Å². The Hall–Kier alpha value is -1.75. The van der Waals surface area contributed by atoms with Crippen LogP contribution in [-0.2, 0) is 0 Å². The summed E-state index contributed by atoms with van der Waals surface area (Å²) in [6, 6.07) is 12.0. The maximum absolute atomic E-state index is 4.60. The van der Waals surface area contributed by atoms with Gasteiger partial charge in [-0.25, -0.2) is 9.97 Å². The molecule has 2 rings (SSSR count). The van der Waals surface area contributed by atoms with E-state index in [1.54, 1.807) is 0 Å². The van der Waals surface area contributed by atoms with Crippen molar-refractivity contribution >= 4 is 23.4 Å². The zero-order valence-corrected chi connectivity index (χ0v) is 13.4. The molecule has 0 amide bonds. The van der Waals surface area contributed by atoms with Crippen LogP contribution in [0.4, 0.5) is 11.6 Å². The molecule has 0 unspecified atom stereocenters. The van der Waals surface area contributed by atoms with Gasteiger partial charge in [0.05, 0.1) is 0 Å². The average molecular weight is 302 g/mol. The number of nitrogens with zero attached hydrogens (tertiary/aromatic N) is 2. The first-order valence-corrected chi connectivity index (χ1v) is 8.58. The predicted molar refractivity (Wildman–Crippen MR) is 93.1 cm³/mol. The number of thioether (sulfide) groups is 1. The second-order valence-electron chi connectivity index (χ2n) is 4.70. The number of nitrogens with one attached hydrogen (secondary N) is 2. The molecule has 1 heterocycles. The first kappa shape index (κ1) is 15.6. The van der Waals surface area contributed by atoms with Gasteiger partial charge in [0.2, 0.25) is 0 Å². The first-order chi connectivity index (χ1) is 10.3. The van der Waals surface area contributed by atoms with Crippen molar-refractivity contribution < 1.29 is 0 Å². The Bertz CT molecular complexity index is 545. The monoisotopic (exact) mass is 302 g/mol. The molecule has 0 bridgehead atoms. The van der Waals surface area contributed by atoms with E-state index in [9.17, 15) is 0 Å². The predicted octanol–water partition coefficient (Wildman–Crippen LogP) is 3.74. The molecule has 5 heteroatoms. The van der Waals surface area contributed by atoms with Gasteiger partial charge in [-0.1, -0.05) is 30.3 Å². The number of anilines is 2. The molecular weight excluding hydrogens is 280 g/mol. The van der Waals surface area contributed by atoms with E-state index in [2.05, 4.69) is 26.9 Å². The normalized spacial score (nSPS) is 10.4. The fourth-order valence-electron chi connectivity index (χ4n) is 1.97. The van der Waals surface area contributed by atoms with E-state index >= 15 is 0 Å². The van der Waals surface area contributed by atoms with Gasteiger partial charge in [-0.05, 0) is 24.9 Å². The van der Waals surface area contributed by atoms with Crippen LogP contribution in [0.5, 0.6) is 0 Å². The molecule has 0 atom stereocenters. The summed E-state index contributed by atoms with van der Waals surface area (Å²) in [5, 5.41) is 6.48. The van der Waals surface area contributed by atoms with Crippen molar-refractivity contribution in [3.05, 3.63) is 36.4 Å². The van der Waals surface area contributed by atoms with Crippen molar-refractivity contribution in [2.75, 3.05) is 36.2 Å². The van der Waals surface area contributed by atoms with E-state index in [1.165, 1.54) is 12.2 Å². The van der Waals surface area contributed by atoms with E-state index in [0.29, 0.717) is 0 Å². The molecule has 0 aliphatic heterocycles. The molecule has 1 aromatic heterocycles. The summed E-state index contributed by atoms with van der Waals surface area (Å²) < 4.78 is 0. The van der Waals surface area contributed by atoms with Gasteiger partial charge in [0, 0.05) is 25.2 Å². The highest BCUT2D eigenvalue weighted by Crippen LogP contribution is 2.19. The van der Waals surface area contributed by atoms with Gasteiger partial charge in [-0.3, -0.25) is 0 Å². The highest BCUT2D eigenvalue weighted by atomic mass is 32.2. The highest BCUT2D eigenvalue weighted by Gasteiger charge is 2.05. The molecule has 0 spiro atoms. The van der Waals surface area contributed by atoms with Crippen molar-refractivity contribution in [2.24, 2.45) is 0 Å². The van der Waals surface area contributed by atoms with Crippen molar-refractivity contribution in [3.63, 3.8) is 0 Å². The van der Waals surface area contributed by atoms with Crippen LogP contribution >= 0.6 is 11.8 Å². The highest BCUT2D eigenvalue weighted by molar-refractivity contribution is 7.98. The summed E-state index contributed by atoms with van der Waals surface area (Å²) in [7, 11) is 1.87. The Balaban J connectivity index is 2.07. The van der Waals surface area contributed by atoms with Gasteiger partial charge in [-0.15, -0.1) is 0 Å². The van der Waals surface area contributed by atoms with Crippen LogP contribution in [0, 0.1) is 0 Å². The van der Waals surface area contributed by atoms with E-state index < -0.39 is 0 Å². The fraction of sp³-hybridized carbons (Fsp3) is 0.375. The molecule has 21 heavy (non-hydrogen) atoms. The molecule has 0 aliphatic rings. The standard InChI is InChI=1S/C16H22N4S/c1-17-14-12-15(18-10-6-7-11-21-2)20-16(19-14)13-8-4-3-5-9-13/h3-5,8-9,12H,6-7,10-11H2,1-2H3,(H2,17,18,19,20). The fourth-order valence-corrected chi connectivity index (χ4v) is 2.46. The molecular formula is C16H22N4S. The molecule has 4 nitrogen and oxygen atoms in total. The largest absolute Gasteiger partial charge is 0.373 e. The van der Waals surface area contributed by atoms with Gasteiger partial charge in [-0.2, -0.15) is 11.8 Å². The van der Waals surface area contributed by atoms with Gasteiger partial charge < -0.3 is 10.6 Å². The Morgan fingerprint density at radius 1 is 1.05 bits per heavy atom. The summed E-state index contributed by atoms with van der Waals surface area (Å²) in [6.45, 7) is 0.939. The lowest BCUT2D eigenvalue weighted by Crippen LogP contribution is -2.06. The van der Waals surface area contributed by atoms with Crippen LogP contribution in [0.15, 0.2) is 36.4 Å². The minimum Gasteiger partial charge on any atom is -0.373 e. The molecule has 0 radical (unpaired) electrons. The summed E-state index contributed by atoms with van der Waals surface area (Å²) in [5.74, 6) is 3.66. The SMILES string of the molecule is CNc1cc(NCCCCSC)nc(-c2ccccc2)n1. The van der Waals surface area contributed by atoms with Crippen LogP contribution in [0.3, 0.4) is 0 Å². The Kier molecular flexibility index (Phi) is 6.34. The quantitative estimate of drug-likeness (QED) is 0.728. The first-order valence-electron chi connectivity index (χ1n) is 7.18. The van der Waals surface area contributed by atoms with Crippen LogP contribution in [0.2, 0.25) is 0 Å². The molecule has 0 aliphatic carbocycles. The zero-order chi connectivity index (χ0) is 14.9. The molecule has 112 valence electrons. The minimum atomic E-state index is 0.745. The third kappa shape index (κ3) is 4.93. The Labute approximate surface area is 130 Å². The van der Waals surface area contributed by atoms with Crippen LogP contribution < -0.4 is 10.6 Å². The number of unbranched alkanes of at least 4 members (excludes halogenated alkanes) is 1. The van der Waals surface area contributed by atoms with Crippen LogP contribution in [-0.4, -0.2) is 35.6 Å². The molecule has 0 saturated carbocycles. The second kappa shape index (κ2) is 8.52. The number of hydrogen-bond donors (Lipinski definition) is 2. The lowest BCUT2D eigenvalue weighted by Gasteiger charge is -2.10. The van der Waals surface area contributed by atoms with Gasteiger partial charge in [0.1, 0.15) is 11.6 Å². The number of benzene rings is 1. The number of aromatic nitrogens is 2. The summed E-state index contributed by atoms with van der Waals surface area (Å²) in [4.78, 5) is 9.12. The van der Waals surface area contributed by atoms with Crippen LogP contribution in [0.25, 0.3) is 11.4 Å². The minimum absolute atomic E-state index is 0.745. The van der Waals surface area contributed by atoms with Gasteiger partial charge in [0.25, 0.3) is 0 Å². The third-order valence-electron chi connectivity index (χ3n) is 3.10. The van der Waals surface area contributed by atoms with Crippen LogP contribution in [0.1, 0.15) is 12.8 Å². The second-order valence-corrected chi connectivity index (χ2v) is 5.69. The van der Waals surface area contributed by atoms with E-state index in [4.69, 9.17) is 0 Å². The van der Waals surface area contributed by atoms with E-state index in [-0.39, 0.29) is 0 Å². The zero-order valence-electron chi connectivity index (χ0n) is 12.6. The lowest BCUT2D eigenvalue weighted by molar-refractivity contribution is 0.839. The Morgan fingerprint density at radius 3 is 2.52 bits per heavy atom. The lowest BCUT2D eigenvalue weighted by atomic mass is 10.2. The van der Waals surface area contributed by atoms with E-state index in [1.807, 2.05) is 55.2 Å². The van der Waals surface area contributed by atoms with Gasteiger partial charge in [0.15, 0.2) is 5.82 Å².